The lowest BCUT2D eigenvalue weighted by Crippen LogP contribution is -2.57. The van der Waals surface area contributed by atoms with Crippen molar-refractivity contribution < 1.29 is 37.8 Å². The smallest absolute Gasteiger partial charge is 0.333 e. The first kappa shape index (κ1) is 26.4. The molecule has 2 aliphatic rings. The van der Waals surface area contributed by atoms with E-state index in [4.69, 9.17) is 18.6 Å². The maximum Gasteiger partial charge on any atom is 0.333 e. The Balaban J connectivity index is 2.12. The van der Waals surface area contributed by atoms with Gasteiger partial charge in [0.25, 0.3) is 0 Å². The van der Waals surface area contributed by atoms with E-state index in [-0.39, 0.29) is 18.2 Å². The Bertz CT molecular complexity index is 1090. The first-order valence-electron chi connectivity index (χ1n) is 11.9. The van der Waals surface area contributed by atoms with Crippen LogP contribution in [0.5, 0.6) is 0 Å². The molecule has 1 fully saturated rings. The number of aryl methyl sites for hydroxylation is 1. The van der Waals surface area contributed by atoms with Crippen LogP contribution < -0.4 is 0 Å². The number of allylic oxidation sites excluding steroid dienone is 2. The number of furan rings is 1. The molecule has 0 bridgehead atoms. The standard InChI is InChI=1S/C27H34O8/c1-8-14(3)25(30)33-13-19-20(35-26(31)15(4)9-2)11-10-18-22(29)23-21(16(5)12-32-23)24(27(18,19)7)34-17(6)28/h8-9,12,18-20,24H,10-11,13H2,1-7H3. The fraction of sp³-hybridized carbons (Fsp3) is 0.556. The lowest BCUT2D eigenvalue weighted by atomic mass is 9.52. The zero-order chi connectivity index (χ0) is 26.1. The van der Waals surface area contributed by atoms with Crippen LogP contribution in [0.15, 0.2) is 34.0 Å². The van der Waals surface area contributed by atoms with Crippen LogP contribution in [0.3, 0.4) is 0 Å². The first-order chi connectivity index (χ1) is 16.5. The van der Waals surface area contributed by atoms with Crippen molar-refractivity contribution in [2.24, 2.45) is 17.3 Å². The molecule has 5 atom stereocenters. The van der Waals surface area contributed by atoms with Gasteiger partial charge in [-0.1, -0.05) is 19.1 Å². The Labute approximate surface area is 205 Å². The third-order valence-electron chi connectivity index (χ3n) is 7.58. The minimum Gasteiger partial charge on any atom is -0.462 e. The molecule has 5 unspecified atom stereocenters. The zero-order valence-electron chi connectivity index (χ0n) is 21.4. The maximum absolute atomic E-state index is 13.6. The van der Waals surface area contributed by atoms with Gasteiger partial charge < -0.3 is 18.6 Å². The third kappa shape index (κ3) is 4.70. The number of Topliss-reactive ketones (excluding diaryl/α,β-unsaturated/α-hetero) is 1. The molecular weight excluding hydrogens is 452 g/mol. The van der Waals surface area contributed by atoms with E-state index < -0.39 is 47.4 Å². The van der Waals surface area contributed by atoms with Crippen LogP contribution in [-0.4, -0.2) is 36.4 Å². The predicted octanol–water partition coefficient (Wildman–Crippen LogP) is 4.81. The highest BCUT2D eigenvalue weighted by Crippen LogP contribution is 2.60. The molecule has 35 heavy (non-hydrogen) atoms. The molecule has 0 amide bonds. The quantitative estimate of drug-likeness (QED) is 0.320. The van der Waals surface area contributed by atoms with Crippen molar-refractivity contribution in [3.05, 3.63) is 46.4 Å². The number of carbonyl (C=O) groups is 4. The van der Waals surface area contributed by atoms with Crippen molar-refractivity contribution in [3.63, 3.8) is 0 Å². The Kier molecular flexibility index (Phi) is 7.72. The molecule has 0 saturated heterocycles. The minimum atomic E-state index is -1.01. The second-order valence-corrected chi connectivity index (χ2v) is 9.60. The fourth-order valence-corrected chi connectivity index (χ4v) is 5.26. The summed E-state index contributed by atoms with van der Waals surface area (Å²) in [4.78, 5) is 51.0. The topological polar surface area (TPSA) is 109 Å². The van der Waals surface area contributed by atoms with Gasteiger partial charge in [0.2, 0.25) is 5.78 Å². The first-order valence-corrected chi connectivity index (χ1v) is 11.9. The summed E-state index contributed by atoms with van der Waals surface area (Å²) in [7, 11) is 0. The highest BCUT2D eigenvalue weighted by molar-refractivity contribution is 5.99. The van der Waals surface area contributed by atoms with Crippen LogP contribution in [0.1, 0.15) is 82.2 Å². The molecule has 1 heterocycles. The third-order valence-corrected chi connectivity index (χ3v) is 7.58. The lowest BCUT2D eigenvalue weighted by molar-refractivity contribution is -0.189. The van der Waals surface area contributed by atoms with Crippen molar-refractivity contribution in [1.82, 2.24) is 0 Å². The van der Waals surface area contributed by atoms with Crippen LogP contribution in [0.4, 0.5) is 0 Å². The number of carbonyl (C=O) groups excluding carboxylic acids is 4. The summed E-state index contributed by atoms with van der Waals surface area (Å²) in [5.41, 5.74) is 1.07. The molecule has 0 radical (unpaired) electrons. The minimum absolute atomic E-state index is 0.110. The molecule has 0 aliphatic heterocycles. The highest BCUT2D eigenvalue weighted by atomic mass is 16.6. The van der Waals surface area contributed by atoms with E-state index >= 15 is 0 Å². The largest absolute Gasteiger partial charge is 0.462 e. The molecule has 8 heteroatoms. The Morgan fingerprint density at radius 1 is 1.06 bits per heavy atom. The number of esters is 3. The molecule has 0 aromatic carbocycles. The second kappa shape index (κ2) is 10.2. The monoisotopic (exact) mass is 486 g/mol. The van der Waals surface area contributed by atoms with Crippen LogP contribution >= 0.6 is 0 Å². The molecule has 190 valence electrons. The summed E-state index contributed by atoms with van der Waals surface area (Å²) in [5, 5.41) is 0. The number of hydrogen-bond acceptors (Lipinski definition) is 8. The van der Waals surface area contributed by atoms with Gasteiger partial charge in [-0.25, -0.2) is 9.59 Å². The summed E-state index contributed by atoms with van der Waals surface area (Å²) in [6.07, 6.45) is 4.08. The number of ketones is 1. The van der Waals surface area contributed by atoms with Crippen molar-refractivity contribution in [3.8, 4) is 0 Å². The summed E-state index contributed by atoms with van der Waals surface area (Å²) in [6, 6.07) is 0. The summed E-state index contributed by atoms with van der Waals surface area (Å²) >= 11 is 0. The van der Waals surface area contributed by atoms with E-state index in [1.807, 2.05) is 6.92 Å². The average molecular weight is 487 g/mol. The van der Waals surface area contributed by atoms with Crippen LogP contribution in [0.2, 0.25) is 0 Å². The van der Waals surface area contributed by atoms with E-state index in [9.17, 15) is 19.2 Å². The maximum atomic E-state index is 13.6. The van der Waals surface area contributed by atoms with E-state index in [1.54, 1.807) is 46.8 Å². The van der Waals surface area contributed by atoms with Gasteiger partial charge in [0.05, 0.1) is 12.9 Å². The molecule has 3 rings (SSSR count). The van der Waals surface area contributed by atoms with Gasteiger partial charge in [0.15, 0.2) is 5.76 Å². The number of fused-ring (bicyclic) bond motifs is 2. The normalized spacial score (nSPS) is 28.6. The molecular formula is C27H34O8. The molecule has 0 N–H and O–H groups in total. The fourth-order valence-electron chi connectivity index (χ4n) is 5.26. The number of rotatable bonds is 6. The summed E-state index contributed by atoms with van der Waals surface area (Å²) in [5.74, 6) is -2.67. The summed E-state index contributed by atoms with van der Waals surface area (Å²) < 4.78 is 23.0. The van der Waals surface area contributed by atoms with E-state index in [2.05, 4.69) is 0 Å². The van der Waals surface area contributed by atoms with Crippen LogP contribution in [-0.2, 0) is 28.6 Å². The Morgan fingerprint density at radius 2 is 1.69 bits per heavy atom. The van der Waals surface area contributed by atoms with Gasteiger partial charge in [0.1, 0.15) is 12.2 Å². The van der Waals surface area contributed by atoms with E-state index in [0.29, 0.717) is 35.1 Å². The summed E-state index contributed by atoms with van der Waals surface area (Å²) in [6.45, 7) is 11.6. The molecule has 0 spiro atoms. The van der Waals surface area contributed by atoms with Crippen molar-refractivity contribution in [1.29, 1.82) is 0 Å². The predicted molar refractivity (Wildman–Crippen MR) is 126 cm³/mol. The van der Waals surface area contributed by atoms with Crippen LogP contribution in [0, 0.1) is 24.2 Å². The average Bonchev–Trinajstić information content (AvgIpc) is 3.20. The second-order valence-electron chi connectivity index (χ2n) is 9.60. The molecule has 2 aliphatic carbocycles. The van der Waals surface area contributed by atoms with Crippen LogP contribution in [0.25, 0.3) is 0 Å². The zero-order valence-corrected chi connectivity index (χ0v) is 21.4. The highest BCUT2D eigenvalue weighted by Gasteiger charge is 2.62. The molecule has 8 nitrogen and oxygen atoms in total. The molecule has 1 aromatic rings. The number of ether oxygens (including phenoxy) is 3. The van der Waals surface area contributed by atoms with Gasteiger partial charge >= 0.3 is 17.9 Å². The van der Waals surface area contributed by atoms with Gasteiger partial charge in [0, 0.05) is 40.9 Å². The Morgan fingerprint density at radius 3 is 2.29 bits per heavy atom. The van der Waals surface area contributed by atoms with Gasteiger partial charge in [-0.05, 0) is 53.0 Å². The van der Waals surface area contributed by atoms with Crippen molar-refractivity contribution >= 4 is 23.7 Å². The van der Waals surface area contributed by atoms with Crippen molar-refractivity contribution in [2.45, 2.75) is 73.5 Å². The van der Waals surface area contributed by atoms with Gasteiger partial charge in [-0.3, -0.25) is 9.59 Å². The Hall–Kier alpha value is -3.16. The van der Waals surface area contributed by atoms with E-state index in [0.717, 1.165) is 0 Å². The lowest BCUT2D eigenvalue weighted by Gasteiger charge is -2.54. The van der Waals surface area contributed by atoms with Gasteiger partial charge in [-0.15, -0.1) is 0 Å². The van der Waals surface area contributed by atoms with E-state index in [1.165, 1.54) is 13.2 Å². The number of hydrogen-bond donors (Lipinski definition) is 0. The SMILES string of the molecule is CC=C(C)C(=O)OCC1C(OC(=O)C(C)=CC)CCC2C(=O)c3occ(C)c3C(OC(C)=O)C21C. The van der Waals surface area contributed by atoms with Crippen molar-refractivity contribution in [2.75, 3.05) is 6.61 Å². The van der Waals surface area contributed by atoms with Gasteiger partial charge in [-0.2, -0.15) is 0 Å². The molecule has 1 saturated carbocycles. The molecule has 1 aromatic heterocycles.